The van der Waals surface area contributed by atoms with E-state index in [2.05, 4.69) is 6.08 Å². The Bertz CT molecular complexity index is 798. The van der Waals surface area contributed by atoms with Crippen LogP contribution in [0.1, 0.15) is 54.4 Å². The average Bonchev–Trinajstić information content (AvgIpc) is 2.69. The molecule has 0 radical (unpaired) electrons. The van der Waals surface area contributed by atoms with E-state index in [0.29, 0.717) is 12.0 Å². The smallest absolute Gasteiger partial charge is 0.309 e. The third kappa shape index (κ3) is 4.68. The van der Waals surface area contributed by atoms with E-state index in [0.717, 1.165) is 12.0 Å². The van der Waals surface area contributed by atoms with Crippen molar-refractivity contribution in [2.45, 2.75) is 66.1 Å². The minimum Gasteiger partial charge on any atom is -0.481 e. The molecule has 0 aromatic rings. The lowest BCUT2D eigenvalue weighted by molar-refractivity contribution is -0.157. The summed E-state index contributed by atoms with van der Waals surface area (Å²) in [7, 11) is 0. The Hall–Kier alpha value is -1.98. The summed E-state index contributed by atoms with van der Waals surface area (Å²) in [6, 6.07) is 0. The molecule has 1 fully saturated rings. The number of aliphatic hydroxyl groups is 2. The third-order valence-corrected chi connectivity index (χ3v) is 7.09. The maximum Gasteiger partial charge on any atom is 0.309 e. The molecule has 0 unspecified atom stereocenters. The number of rotatable bonds is 6. The Kier molecular flexibility index (Phi) is 7.64. The summed E-state index contributed by atoms with van der Waals surface area (Å²) in [6.45, 7) is 10.7. The van der Waals surface area contributed by atoms with E-state index in [9.17, 15) is 19.8 Å². The van der Waals surface area contributed by atoms with Crippen molar-refractivity contribution in [3.8, 4) is 0 Å². The number of carboxylic acid groups (broad SMARTS) is 1. The minimum atomic E-state index is -1.44. The molecule has 0 saturated heterocycles. The standard InChI is InChI=1S/C25H36O5/c1-7-15(3)21-19(10-8-9-16(4)22(26)17(5)24(28)29)18-12-11-14(2)13-20(18)23(27)25(21,6)30/h7-11,17-22,26,30H,12-13H2,1-6H3,(H,28,29)/b10-8+,15-7+,16-9+/t17-,18+,19+,20-,21+,22-,25-/m1/s1. The number of hydrogen-bond acceptors (Lipinski definition) is 4. The molecule has 5 heteroatoms. The molecule has 7 atom stereocenters. The van der Waals surface area contributed by atoms with Gasteiger partial charge in [0.15, 0.2) is 5.78 Å². The molecule has 1 saturated carbocycles. The summed E-state index contributed by atoms with van der Waals surface area (Å²) < 4.78 is 0. The molecular formula is C25H36O5. The summed E-state index contributed by atoms with van der Waals surface area (Å²) in [5.74, 6) is -2.48. The van der Waals surface area contributed by atoms with Gasteiger partial charge in [0.1, 0.15) is 5.60 Å². The maximum atomic E-state index is 13.2. The molecule has 0 aromatic carbocycles. The van der Waals surface area contributed by atoms with E-state index in [4.69, 9.17) is 5.11 Å². The third-order valence-electron chi connectivity index (χ3n) is 7.09. The van der Waals surface area contributed by atoms with Gasteiger partial charge in [-0.05, 0) is 71.8 Å². The lowest BCUT2D eigenvalue weighted by atomic mass is 9.54. The highest BCUT2D eigenvalue weighted by Gasteiger charge is 2.55. The van der Waals surface area contributed by atoms with Crippen LogP contribution >= 0.6 is 0 Å². The Morgan fingerprint density at radius 3 is 2.53 bits per heavy atom. The van der Waals surface area contributed by atoms with Crippen molar-refractivity contribution in [2.75, 3.05) is 0 Å². The van der Waals surface area contributed by atoms with Gasteiger partial charge in [0, 0.05) is 11.8 Å². The second kappa shape index (κ2) is 9.44. The Labute approximate surface area is 179 Å². The van der Waals surface area contributed by atoms with Crippen LogP contribution in [0.2, 0.25) is 0 Å². The Morgan fingerprint density at radius 2 is 1.97 bits per heavy atom. The van der Waals surface area contributed by atoms with Gasteiger partial charge < -0.3 is 15.3 Å². The molecule has 166 valence electrons. The minimum absolute atomic E-state index is 0.0404. The van der Waals surface area contributed by atoms with Gasteiger partial charge in [0.2, 0.25) is 0 Å². The van der Waals surface area contributed by atoms with Crippen molar-refractivity contribution in [1.82, 2.24) is 0 Å². The zero-order valence-corrected chi connectivity index (χ0v) is 18.9. The molecule has 0 aliphatic heterocycles. The number of allylic oxidation sites excluding steroid dienone is 6. The zero-order chi connectivity index (χ0) is 22.8. The molecule has 2 aliphatic carbocycles. The first-order valence-corrected chi connectivity index (χ1v) is 10.7. The van der Waals surface area contributed by atoms with Crippen molar-refractivity contribution in [3.05, 3.63) is 47.1 Å². The van der Waals surface area contributed by atoms with Crippen LogP contribution in [0.4, 0.5) is 0 Å². The Morgan fingerprint density at radius 1 is 1.33 bits per heavy atom. The van der Waals surface area contributed by atoms with Gasteiger partial charge in [-0.2, -0.15) is 0 Å². The molecule has 30 heavy (non-hydrogen) atoms. The van der Waals surface area contributed by atoms with E-state index >= 15 is 0 Å². The van der Waals surface area contributed by atoms with Gasteiger partial charge in [0.05, 0.1) is 12.0 Å². The second-order valence-electron chi connectivity index (χ2n) is 9.23. The van der Waals surface area contributed by atoms with Crippen LogP contribution in [0.5, 0.6) is 0 Å². The number of aliphatic carboxylic acids is 1. The van der Waals surface area contributed by atoms with Crippen LogP contribution in [0.25, 0.3) is 0 Å². The first-order chi connectivity index (χ1) is 13.9. The molecule has 0 spiro atoms. The molecule has 2 rings (SSSR count). The number of carbonyl (C=O) groups is 2. The summed E-state index contributed by atoms with van der Waals surface area (Å²) in [5, 5.41) is 30.6. The number of Topliss-reactive ketones (excluding diaryl/α,β-unsaturated/α-hetero) is 1. The van der Waals surface area contributed by atoms with Gasteiger partial charge in [-0.25, -0.2) is 0 Å². The number of aliphatic hydroxyl groups excluding tert-OH is 1. The highest BCUT2D eigenvalue weighted by atomic mass is 16.4. The average molecular weight is 417 g/mol. The topological polar surface area (TPSA) is 94.8 Å². The van der Waals surface area contributed by atoms with Crippen molar-refractivity contribution in [1.29, 1.82) is 0 Å². The van der Waals surface area contributed by atoms with Crippen molar-refractivity contribution in [3.63, 3.8) is 0 Å². The van der Waals surface area contributed by atoms with Crippen molar-refractivity contribution < 1.29 is 24.9 Å². The fraction of sp³-hybridized carbons (Fsp3) is 0.600. The van der Waals surface area contributed by atoms with E-state index < -0.39 is 23.6 Å². The van der Waals surface area contributed by atoms with Crippen molar-refractivity contribution in [2.24, 2.45) is 29.6 Å². The van der Waals surface area contributed by atoms with Crippen LogP contribution in [-0.2, 0) is 9.59 Å². The lowest BCUT2D eigenvalue weighted by Crippen LogP contribution is -2.58. The molecule has 2 aliphatic rings. The molecule has 0 heterocycles. The maximum absolute atomic E-state index is 13.2. The molecule has 0 aromatic heterocycles. The molecular weight excluding hydrogens is 380 g/mol. The van der Waals surface area contributed by atoms with E-state index in [1.54, 1.807) is 19.9 Å². The monoisotopic (exact) mass is 416 g/mol. The number of hydrogen-bond donors (Lipinski definition) is 3. The molecule has 0 amide bonds. The number of carboxylic acids is 1. The fourth-order valence-corrected chi connectivity index (χ4v) is 5.09. The first-order valence-electron chi connectivity index (χ1n) is 10.7. The lowest BCUT2D eigenvalue weighted by Gasteiger charge is -2.50. The van der Waals surface area contributed by atoms with Gasteiger partial charge in [-0.15, -0.1) is 0 Å². The predicted molar refractivity (Wildman–Crippen MR) is 118 cm³/mol. The summed E-state index contributed by atoms with van der Waals surface area (Å²) in [5.41, 5.74) is 1.29. The highest BCUT2D eigenvalue weighted by molar-refractivity contribution is 5.91. The summed E-state index contributed by atoms with van der Waals surface area (Å²) >= 11 is 0. The Balaban J connectivity index is 2.42. The summed E-state index contributed by atoms with van der Waals surface area (Å²) in [4.78, 5) is 24.3. The van der Waals surface area contributed by atoms with E-state index in [1.165, 1.54) is 12.5 Å². The van der Waals surface area contributed by atoms with Gasteiger partial charge in [-0.3, -0.25) is 9.59 Å². The molecule has 3 N–H and O–H groups in total. The number of carbonyl (C=O) groups excluding carboxylic acids is 1. The quantitative estimate of drug-likeness (QED) is 0.448. The van der Waals surface area contributed by atoms with Crippen LogP contribution in [0.3, 0.4) is 0 Å². The fourth-order valence-electron chi connectivity index (χ4n) is 5.09. The molecule has 0 bridgehead atoms. The van der Waals surface area contributed by atoms with Crippen LogP contribution < -0.4 is 0 Å². The predicted octanol–water partition coefficient (Wildman–Crippen LogP) is 4.08. The number of ketones is 1. The van der Waals surface area contributed by atoms with Crippen LogP contribution in [0.15, 0.2) is 47.1 Å². The van der Waals surface area contributed by atoms with Gasteiger partial charge in [0.25, 0.3) is 0 Å². The number of fused-ring (bicyclic) bond motifs is 1. The second-order valence-corrected chi connectivity index (χ2v) is 9.23. The molecule has 5 nitrogen and oxygen atoms in total. The van der Waals surface area contributed by atoms with E-state index in [-0.39, 0.29) is 29.5 Å². The van der Waals surface area contributed by atoms with Gasteiger partial charge >= 0.3 is 5.97 Å². The highest BCUT2D eigenvalue weighted by Crippen LogP contribution is 2.51. The van der Waals surface area contributed by atoms with Crippen LogP contribution in [-0.4, -0.2) is 38.8 Å². The van der Waals surface area contributed by atoms with E-state index in [1.807, 2.05) is 39.0 Å². The largest absolute Gasteiger partial charge is 0.481 e. The SMILES string of the molecule is C/C=C(\C)[C@H]1[C@@H](/C=C/C=C(\C)[C@@H](O)[C@@H](C)C(=O)O)[C@@H]2CC=C(C)C[C@H]2C(=O)[C@]1(C)O. The van der Waals surface area contributed by atoms with Crippen LogP contribution in [0, 0.1) is 29.6 Å². The first kappa shape index (κ1) is 24.3. The van der Waals surface area contributed by atoms with Crippen molar-refractivity contribution >= 4 is 11.8 Å². The zero-order valence-electron chi connectivity index (χ0n) is 18.9. The summed E-state index contributed by atoms with van der Waals surface area (Å²) in [6.07, 6.45) is 10.1. The van der Waals surface area contributed by atoms with Gasteiger partial charge in [-0.1, -0.05) is 41.5 Å². The normalized spacial score (nSPS) is 35.1.